The average Bonchev–Trinajstić information content (AvgIpc) is 3.16. The zero-order valence-electron chi connectivity index (χ0n) is 17.6. The topological polar surface area (TPSA) is 18.5 Å². The molecule has 1 fully saturated rings. The second kappa shape index (κ2) is 6.43. The normalized spacial score (nSPS) is 18.0. The van der Waals surface area contributed by atoms with E-state index in [9.17, 15) is 0 Å². The van der Waals surface area contributed by atoms with Crippen LogP contribution in [0.3, 0.4) is 0 Å². The molecule has 5 rings (SSSR count). The van der Waals surface area contributed by atoms with Gasteiger partial charge in [-0.25, -0.2) is 0 Å². The minimum Gasteiger partial charge on any atom is -0.399 e. The summed E-state index contributed by atoms with van der Waals surface area (Å²) in [7, 11) is -0.346. The van der Waals surface area contributed by atoms with Crippen molar-refractivity contribution >= 4 is 44.1 Å². The van der Waals surface area contributed by atoms with E-state index in [-0.39, 0.29) is 18.3 Å². The van der Waals surface area contributed by atoms with E-state index in [1.54, 1.807) is 0 Å². The molecular formula is C25H25BO2S. The zero-order valence-corrected chi connectivity index (χ0v) is 18.4. The highest BCUT2D eigenvalue weighted by molar-refractivity contribution is 7.26. The largest absolute Gasteiger partial charge is 0.494 e. The summed E-state index contributed by atoms with van der Waals surface area (Å²) in [5, 5.41) is 2.65. The number of thiophene rings is 1. The highest BCUT2D eigenvalue weighted by atomic mass is 32.1. The average molecular weight is 400 g/mol. The molecule has 0 N–H and O–H groups in total. The molecule has 0 spiro atoms. The Bertz CT molecular complexity index is 1220. The van der Waals surface area contributed by atoms with Crippen molar-refractivity contribution < 1.29 is 9.31 Å². The molecule has 2 heterocycles. The third-order valence-corrected chi connectivity index (χ3v) is 7.70. The molecule has 1 aliphatic heterocycles. The Balaban J connectivity index is 1.65. The van der Waals surface area contributed by atoms with Gasteiger partial charge in [0.1, 0.15) is 0 Å². The number of benzene rings is 3. The molecule has 1 saturated heterocycles. The standard InChI is InChI=1S/C25H25BO2S/c1-16-13-14-17(26-27-24(2,3)25(4,5)28-26)15-21(16)20-11-8-10-19-18-9-6-7-12-22(18)29-23(19)20/h6-15H,1-5H3. The van der Waals surface area contributed by atoms with Gasteiger partial charge in [0.25, 0.3) is 0 Å². The SMILES string of the molecule is Cc1ccc(B2OC(C)(C)C(C)(C)O2)cc1-c1cccc2c1sc1ccccc12. The molecule has 3 aromatic carbocycles. The molecule has 0 unspecified atom stereocenters. The van der Waals surface area contributed by atoms with Crippen LogP contribution < -0.4 is 5.46 Å². The molecule has 1 aromatic heterocycles. The lowest BCUT2D eigenvalue weighted by Gasteiger charge is -2.32. The predicted octanol–water partition coefficient (Wildman–Crippen LogP) is 6.33. The molecule has 0 amide bonds. The van der Waals surface area contributed by atoms with Gasteiger partial charge >= 0.3 is 7.12 Å². The van der Waals surface area contributed by atoms with Crippen LogP contribution in [0, 0.1) is 6.92 Å². The van der Waals surface area contributed by atoms with Crippen molar-refractivity contribution in [1.82, 2.24) is 0 Å². The third-order valence-electron chi connectivity index (χ3n) is 6.48. The van der Waals surface area contributed by atoms with Gasteiger partial charge in [-0.1, -0.05) is 54.6 Å². The molecule has 0 saturated carbocycles. The molecule has 0 aliphatic carbocycles. The molecule has 0 bridgehead atoms. The summed E-state index contributed by atoms with van der Waals surface area (Å²) < 4.78 is 15.3. The fourth-order valence-electron chi connectivity index (χ4n) is 4.01. The zero-order chi connectivity index (χ0) is 20.4. The molecule has 146 valence electrons. The second-order valence-electron chi connectivity index (χ2n) is 8.94. The van der Waals surface area contributed by atoms with E-state index in [4.69, 9.17) is 9.31 Å². The van der Waals surface area contributed by atoms with E-state index < -0.39 is 0 Å². The quantitative estimate of drug-likeness (QED) is 0.366. The van der Waals surface area contributed by atoms with Gasteiger partial charge in [0.05, 0.1) is 11.2 Å². The van der Waals surface area contributed by atoms with E-state index in [0.717, 1.165) is 5.46 Å². The summed E-state index contributed by atoms with van der Waals surface area (Å²) in [4.78, 5) is 0. The lowest BCUT2D eigenvalue weighted by atomic mass is 9.77. The first kappa shape index (κ1) is 18.9. The van der Waals surface area contributed by atoms with Crippen LogP contribution in [-0.2, 0) is 9.31 Å². The number of rotatable bonds is 2. The first-order valence-corrected chi connectivity index (χ1v) is 11.0. The van der Waals surface area contributed by atoms with Crippen LogP contribution in [0.15, 0.2) is 60.7 Å². The van der Waals surface area contributed by atoms with E-state index in [2.05, 4.69) is 95.3 Å². The molecule has 1 aliphatic rings. The van der Waals surface area contributed by atoms with Crippen molar-refractivity contribution in [2.75, 3.05) is 0 Å². The van der Waals surface area contributed by atoms with Gasteiger partial charge in [-0.15, -0.1) is 11.3 Å². The summed E-state index contributed by atoms with van der Waals surface area (Å²) in [5.41, 5.74) is 4.18. The van der Waals surface area contributed by atoms with Gasteiger partial charge in [0, 0.05) is 20.2 Å². The Kier molecular flexibility index (Phi) is 4.18. The van der Waals surface area contributed by atoms with E-state index in [1.165, 1.54) is 36.9 Å². The Labute approximate surface area is 176 Å². The maximum absolute atomic E-state index is 6.30. The van der Waals surface area contributed by atoms with Crippen molar-refractivity contribution in [2.24, 2.45) is 0 Å². The van der Waals surface area contributed by atoms with E-state index in [1.807, 2.05) is 11.3 Å². The van der Waals surface area contributed by atoms with Gasteiger partial charge in [-0.3, -0.25) is 0 Å². The number of aryl methyl sites for hydroxylation is 1. The smallest absolute Gasteiger partial charge is 0.399 e. The highest BCUT2D eigenvalue weighted by Gasteiger charge is 2.51. The summed E-state index contributed by atoms with van der Waals surface area (Å²) in [6.45, 7) is 10.6. The van der Waals surface area contributed by atoms with Crippen LogP contribution in [0.5, 0.6) is 0 Å². The lowest BCUT2D eigenvalue weighted by molar-refractivity contribution is 0.00578. The van der Waals surface area contributed by atoms with Crippen LogP contribution >= 0.6 is 11.3 Å². The Morgan fingerprint density at radius 2 is 1.45 bits per heavy atom. The molecule has 4 heteroatoms. The minimum atomic E-state index is -0.346. The van der Waals surface area contributed by atoms with Gasteiger partial charge in [0.15, 0.2) is 0 Å². The Hall–Kier alpha value is -2.14. The Morgan fingerprint density at radius 1 is 0.759 bits per heavy atom. The van der Waals surface area contributed by atoms with Crippen molar-refractivity contribution in [2.45, 2.75) is 45.8 Å². The Morgan fingerprint density at radius 3 is 2.21 bits per heavy atom. The van der Waals surface area contributed by atoms with Crippen LogP contribution in [0.2, 0.25) is 0 Å². The maximum Gasteiger partial charge on any atom is 0.494 e. The monoisotopic (exact) mass is 400 g/mol. The van der Waals surface area contributed by atoms with E-state index >= 15 is 0 Å². The second-order valence-corrected chi connectivity index (χ2v) is 10.00. The molecular weight excluding hydrogens is 375 g/mol. The molecule has 4 aromatic rings. The number of hydrogen-bond donors (Lipinski definition) is 0. The molecule has 2 nitrogen and oxygen atoms in total. The molecule has 29 heavy (non-hydrogen) atoms. The van der Waals surface area contributed by atoms with Gasteiger partial charge < -0.3 is 9.31 Å². The van der Waals surface area contributed by atoms with Crippen molar-refractivity contribution in [3.8, 4) is 11.1 Å². The van der Waals surface area contributed by atoms with Crippen LogP contribution in [0.1, 0.15) is 33.3 Å². The van der Waals surface area contributed by atoms with Crippen LogP contribution in [-0.4, -0.2) is 18.3 Å². The predicted molar refractivity (Wildman–Crippen MR) is 125 cm³/mol. The van der Waals surface area contributed by atoms with Gasteiger partial charge in [-0.05, 0) is 62.8 Å². The summed E-state index contributed by atoms with van der Waals surface area (Å²) >= 11 is 1.87. The maximum atomic E-state index is 6.30. The third kappa shape index (κ3) is 2.93. The summed E-state index contributed by atoms with van der Waals surface area (Å²) in [5.74, 6) is 0. The van der Waals surface area contributed by atoms with Gasteiger partial charge in [0.2, 0.25) is 0 Å². The van der Waals surface area contributed by atoms with E-state index in [0.29, 0.717) is 0 Å². The number of hydrogen-bond acceptors (Lipinski definition) is 3. The highest BCUT2D eigenvalue weighted by Crippen LogP contribution is 2.41. The van der Waals surface area contributed by atoms with Crippen LogP contribution in [0.25, 0.3) is 31.3 Å². The van der Waals surface area contributed by atoms with Crippen molar-refractivity contribution in [3.05, 3.63) is 66.2 Å². The fourth-order valence-corrected chi connectivity index (χ4v) is 5.25. The van der Waals surface area contributed by atoms with Gasteiger partial charge in [-0.2, -0.15) is 0 Å². The molecule has 0 atom stereocenters. The number of fused-ring (bicyclic) bond motifs is 3. The van der Waals surface area contributed by atoms with Crippen LogP contribution in [0.4, 0.5) is 0 Å². The minimum absolute atomic E-state index is 0.339. The first-order chi connectivity index (χ1) is 13.8. The fraction of sp³-hybridized carbons (Fsp3) is 0.280. The summed E-state index contributed by atoms with van der Waals surface area (Å²) in [6.07, 6.45) is 0. The summed E-state index contributed by atoms with van der Waals surface area (Å²) in [6, 6.07) is 21.8. The first-order valence-electron chi connectivity index (χ1n) is 10.1. The molecule has 0 radical (unpaired) electrons. The lowest BCUT2D eigenvalue weighted by Crippen LogP contribution is -2.41. The van der Waals surface area contributed by atoms with Crippen molar-refractivity contribution in [1.29, 1.82) is 0 Å². The van der Waals surface area contributed by atoms with Crippen molar-refractivity contribution in [3.63, 3.8) is 0 Å².